The van der Waals surface area contributed by atoms with Gasteiger partial charge >= 0.3 is 0 Å². The third-order valence-electron chi connectivity index (χ3n) is 3.96. The minimum atomic E-state index is -0.429. The van der Waals surface area contributed by atoms with E-state index in [-0.39, 0.29) is 0 Å². The summed E-state index contributed by atoms with van der Waals surface area (Å²) in [4.78, 5) is 6.43. The van der Waals surface area contributed by atoms with Crippen LogP contribution in [0.2, 0.25) is 0 Å². The van der Waals surface area contributed by atoms with Crippen molar-refractivity contribution in [2.75, 3.05) is 40.1 Å². The van der Waals surface area contributed by atoms with Crippen LogP contribution in [0.4, 0.5) is 5.95 Å². The van der Waals surface area contributed by atoms with Gasteiger partial charge in [-0.1, -0.05) is 23.3 Å². The molecule has 0 aliphatic carbocycles. The maximum atomic E-state index is 4.17. The number of benzene rings is 1. The highest BCUT2D eigenvalue weighted by Gasteiger charge is 2.48. The molecule has 0 saturated heterocycles. The number of hydrogen-bond acceptors (Lipinski definition) is 6. The first-order valence-corrected chi connectivity index (χ1v) is 6.48. The zero-order chi connectivity index (χ0) is 14.5. The maximum Gasteiger partial charge on any atom is 0.252 e. The first kappa shape index (κ1) is 13.0. The Hall–Kier alpha value is -1.99. The molecular weight excluding hydrogens is 254 g/mol. The number of anilines is 1. The van der Waals surface area contributed by atoms with E-state index in [0.29, 0.717) is 0 Å². The smallest absolute Gasteiger partial charge is 0.252 e. The molecule has 0 fully saturated rings. The Morgan fingerprint density at radius 1 is 1.05 bits per heavy atom. The van der Waals surface area contributed by atoms with Gasteiger partial charge in [-0.15, -0.1) is 0 Å². The molecule has 2 heterocycles. The summed E-state index contributed by atoms with van der Waals surface area (Å²) >= 11 is 0. The minimum absolute atomic E-state index is 0.429. The second-order valence-corrected chi connectivity index (χ2v) is 5.39. The molecule has 1 aromatic carbocycles. The quantitative estimate of drug-likeness (QED) is 0.736. The molecule has 0 atom stereocenters. The summed E-state index contributed by atoms with van der Waals surface area (Å²) in [5.74, 6) is 0.299. The number of para-hydroxylation sites is 1. The molecule has 7 nitrogen and oxygen atoms in total. The van der Waals surface area contributed by atoms with E-state index in [2.05, 4.69) is 64.5 Å². The average molecular weight is 273 g/mol. The van der Waals surface area contributed by atoms with E-state index in [0.717, 1.165) is 17.2 Å². The Bertz CT molecular complexity index is 623. The Balaban J connectivity index is 2.38. The minimum Gasteiger partial charge on any atom is -0.307 e. The summed E-state index contributed by atoms with van der Waals surface area (Å²) in [6, 6.07) is 8.22. The summed E-state index contributed by atoms with van der Waals surface area (Å²) in [5, 5.41) is 12.1. The Morgan fingerprint density at radius 3 is 2.35 bits per heavy atom. The van der Waals surface area contributed by atoms with Gasteiger partial charge in [0.2, 0.25) is 0 Å². The molecule has 20 heavy (non-hydrogen) atoms. The molecule has 106 valence electrons. The molecule has 0 saturated carbocycles. The average Bonchev–Trinajstić information content (AvgIpc) is 2.88. The van der Waals surface area contributed by atoms with Gasteiger partial charge in [-0.05, 0) is 44.7 Å². The molecule has 0 spiro atoms. The van der Waals surface area contributed by atoms with Crippen LogP contribution in [0.15, 0.2) is 24.3 Å². The SMILES string of the molecule is CN(C)C1(N(C)C)c2ccccc2-n2nnnc2N1C. The zero-order valence-electron chi connectivity index (χ0n) is 12.4. The number of aromatic nitrogens is 4. The molecular formula is C13H19N7. The molecule has 7 heteroatoms. The highest BCUT2D eigenvalue weighted by Crippen LogP contribution is 2.41. The molecule has 0 amide bonds. The molecule has 0 N–H and O–H groups in total. The fraction of sp³-hybridized carbons (Fsp3) is 0.462. The number of fused-ring (bicyclic) bond motifs is 3. The molecule has 1 aliphatic rings. The van der Waals surface area contributed by atoms with Crippen LogP contribution in [0, 0.1) is 0 Å². The molecule has 0 unspecified atom stereocenters. The van der Waals surface area contributed by atoms with Crippen LogP contribution in [-0.4, -0.2) is 65.2 Å². The monoisotopic (exact) mass is 273 g/mol. The number of rotatable bonds is 2. The summed E-state index contributed by atoms with van der Waals surface area (Å²) in [7, 11) is 10.3. The van der Waals surface area contributed by atoms with Crippen LogP contribution < -0.4 is 4.90 Å². The molecule has 0 bridgehead atoms. The van der Waals surface area contributed by atoms with Crippen LogP contribution >= 0.6 is 0 Å². The Kier molecular flexibility index (Phi) is 2.77. The Labute approximate surface area is 118 Å². The standard InChI is InChI=1S/C13H19N7/c1-17(2)13(18(3)4)10-8-6-7-9-11(10)20-12(19(13)5)14-15-16-20/h6-9H,1-5H3. The van der Waals surface area contributed by atoms with Crippen molar-refractivity contribution >= 4 is 5.95 Å². The van der Waals surface area contributed by atoms with Crippen LogP contribution in [0.5, 0.6) is 0 Å². The van der Waals surface area contributed by atoms with Crippen molar-refractivity contribution in [1.29, 1.82) is 0 Å². The van der Waals surface area contributed by atoms with Crippen molar-refractivity contribution in [3.05, 3.63) is 29.8 Å². The zero-order valence-corrected chi connectivity index (χ0v) is 12.4. The van der Waals surface area contributed by atoms with Gasteiger partial charge in [0, 0.05) is 12.6 Å². The number of nitrogens with zero attached hydrogens (tertiary/aromatic N) is 7. The predicted octanol–water partition coefficient (Wildman–Crippen LogP) is 0.346. The van der Waals surface area contributed by atoms with Crippen LogP contribution in [0.3, 0.4) is 0 Å². The van der Waals surface area contributed by atoms with Crippen LogP contribution in [0.25, 0.3) is 5.69 Å². The molecule has 1 aromatic heterocycles. The first-order valence-electron chi connectivity index (χ1n) is 6.48. The fourth-order valence-corrected chi connectivity index (χ4v) is 3.29. The summed E-state index contributed by atoms with van der Waals surface area (Å²) < 4.78 is 1.78. The second kappa shape index (κ2) is 4.26. The number of tetrazole rings is 1. The van der Waals surface area contributed by atoms with Crippen LogP contribution in [-0.2, 0) is 5.79 Å². The van der Waals surface area contributed by atoms with E-state index < -0.39 is 5.79 Å². The lowest BCUT2D eigenvalue weighted by atomic mass is 9.99. The fourth-order valence-electron chi connectivity index (χ4n) is 3.29. The van der Waals surface area contributed by atoms with Crippen molar-refractivity contribution in [3.63, 3.8) is 0 Å². The third-order valence-corrected chi connectivity index (χ3v) is 3.96. The van der Waals surface area contributed by atoms with Gasteiger partial charge in [0.15, 0.2) is 5.79 Å². The topological polar surface area (TPSA) is 53.3 Å². The molecule has 0 radical (unpaired) electrons. The summed E-state index contributed by atoms with van der Waals surface area (Å²) in [6.45, 7) is 0. The third kappa shape index (κ3) is 1.39. The van der Waals surface area contributed by atoms with Crippen molar-refractivity contribution < 1.29 is 0 Å². The lowest BCUT2D eigenvalue weighted by Gasteiger charge is -2.53. The van der Waals surface area contributed by atoms with Crippen LogP contribution in [0.1, 0.15) is 5.56 Å². The highest BCUT2D eigenvalue weighted by molar-refractivity contribution is 5.57. The van der Waals surface area contributed by atoms with E-state index in [1.54, 1.807) is 4.68 Å². The molecule has 1 aliphatic heterocycles. The van der Waals surface area contributed by atoms with E-state index >= 15 is 0 Å². The highest BCUT2D eigenvalue weighted by atomic mass is 15.7. The first-order chi connectivity index (χ1) is 9.51. The van der Waals surface area contributed by atoms with Crippen molar-refractivity contribution in [2.45, 2.75) is 5.79 Å². The van der Waals surface area contributed by atoms with E-state index in [1.165, 1.54) is 0 Å². The normalized spacial score (nSPS) is 16.4. The van der Waals surface area contributed by atoms with Gasteiger partial charge in [-0.2, -0.15) is 4.68 Å². The van der Waals surface area contributed by atoms with Crippen molar-refractivity contribution in [3.8, 4) is 5.69 Å². The van der Waals surface area contributed by atoms with E-state index in [1.807, 2.05) is 25.2 Å². The van der Waals surface area contributed by atoms with Gasteiger partial charge in [0.05, 0.1) is 5.69 Å². The second-order valence-electron chi connectivity index (χ2n) is 5.39. The van der Waals surface area contributed by atoms with Crippen molar-refractivity contribution in [2.24, 2.45) is 0 Å². The largest absolute Gasteiger partial charge is 0.307 e. The van der Waals surface area contributed by atoms with Crippen molar-refractivity contribution in [1.82, 2.24) is 30.0 Å². The van der Waals surface area contributed by atoms with Gasteiger partial charge in [-0.25, -0.2) is 0 Å². The van der Waals surface area contributed by atoms with Gasteiger partial charge < -0.3 is 4.90 Å². The van der Waals surface area contributed by atoms with Gasteiger partial charge in [0.1, 0.15) is 0 Å². The van der Waals surface area contributed by atoms with E-state index in [9.17, 15) is 0 Å². The maximum absolute atomic E-state index is 4.17. The molecule has 2 aromatic rings. The summed E-state index contributed by atoms with van der Waals surface area (Å²) in [5.41, 5.74) is 2.16. The predicted molar refractivity (Wildman–Crippen MR) is 76.6 cm³/mol. The summed E-state index contributed by atoms with van der Waals surface area (Å²) in [6.07, 6.45) is 0. The number of hydrogen-bond donors (Lipinski definition) is 0. The lowest BCUT2D eigenvalue weighted by molar-refractivity contribution is -0.00447. The lowest BCUT2D eigenvalue weighted by Crippen LogP contribution is -2.64. The van der Waals surface area contributed by atoms with E-state index in [4.69, 9.17) is 0 Å². The van der Waals surface area contributed by atoms with Gasteiger partial charge in [0.25, 0.3) is 5.95 Å². The van der Waals surface area contributed by atoms with Gasteiger partial charge in [-0.3, -0.25) is 9.80 Å². The molecule has 3 rings (SSSR count). The Morgan fingerprint density at radius 2 is 1.70 bits per heavy atom.